The number of nitrogens with zero attached hydrogens (tertiary/aromatic N) is 1. The van der Waals surface area contributed by atoms with Crippen molar-refractivity contribution in [3.63, 3.8) is 0 Å². The van der Waals surface area contributed by atoms with Crippen LogP contribution in [-0.2, 0) is 0 Å². The van der Waals surface area contributed by atoms with Gasteiger partial charge < -0.3 is 15.6 Å². The lowest BCUT2D eigenvalue weighted by Crippen LogP contribution is -2.13. The van der Waals surface area contributed by atoms with Gasteiger partial charge in [-0.15, -0.1) is 0 Å². The van der Waals surface area contributed by atoms with Crippen LogP contribution in [0.4, 0.5) is 0 Å². The monoisotopic (exact) mass is 260 g/mol. The lowest BCUT2D eigenvalue weighted by Gasteiger charge is -2.17. The van der Waals surface area contributed by atoms with Gasteiger partial charge in [0.1, 0.15) is 17.5 Å². The van der Waals surface area contributed by atoms with Crippen LogP contribution in [0.5, 0.6) is 5.75 Å². The third-order valence-electron chi connectivity index (χ3n) is 2.84. The number of pyridine rings is 1. The minimum Gasteiger partial charge on any atom is -0.489 e. The second kappa shape index (κ2) is 5.99. The fraction of sp³-hybridized carbons (Fsp3) is 0.400. The predicted molar refractivity (Wildman–Crippen MR) is 76.1 cm³/mol. The highest BCUT2D eigenvalue weighted by atomic mass is 16.5. The molecule has 0 fully saturated rings. The number of rotatable bonds is 5. The molecule has 1 heterocycles. The molecule has 3 N–H and O–H groups in total. The van der Waals surface area contributed by atoms with E-state index < -0.39 is 6.10 Å². The molecular formula is C15H20N2O2. The van der Waals surface area contributed by atoms with Crippen LogP contribution in [0.2, 0.25) is 0 Å². The average Bonchev–Trinajstić information content (AvgIpc) is 2.37. The average molecular weight is 260 g/mol. The summed E-state index contributed by atoms with van der Waals surface area (Å²) in [5, 5.41) is 11.2. The summed E-state index contributed by atoms with van der Waals surface area (Å²) in [5.41, 5.74) is 6.92. The van der Waals surface area contributed by atoms with Crippen molar-refractivity contribution < 1.29 is 9.84 Å². The summed E-state index contributed by atoms with van der Waals surface area (Å²) in [6.07, 6.45) is -0.185. The number of benzene rings is 1. The normalized spacial score (nSPS) is 12.9. The SMILES string of the molecule is CC(C)Oc1cc2ccccc2nc1C(O)CCN. The number of hydrogen-bond donors (Lipinski definition) is 2. The molecule has 1 unspecified atom stereocenters. The number of fused-ring (bicyclic) bond motifs is 1. The van der Waals surface area contributed by atoms with Crippen LogP contribution in [-0.4, -0.2) is 22.7 Å². The molecule has 2 aromatic rings. The number of aliphatic hydroxyl groups excluding tert-OH is 1. The van der Waals surface area contributed by atoms with E-state index in [0.717, 1.165) is 10.9 Å². The van der Waals surface area contributed by atoms with Crippen LogP contribution < -0.4 is 10.5 Å². The summed E-state index contributed by atoms with van der Waals surface area (Å²) in [4.78, 5) is 4.52. The smallest absolute Gasteiger partial charge is 0.144 e. The summed E-state index contributed by atoms with van der Waals surface area (Å²) >= 11 is 0. The van der Waals surface area contributed by atoms with Crippen molar-refractivity contribution in [3.8, 4) is 5.75 Å². The van der Waals surface area contributed by atoms with E-state index in [1.54, 1.807) is 0 Å². The van der Waals surface area contributed by atoms with Crippen molar-refractivity contribution in [3.05, 3.63) is 36.0 Å². The fourth-order valence-electron chi connectivity index (χ4n) is 1.99. The molecule has 0 radical (unpaired) electrons. The van der Waals surface area contributed by atoms with Crippen molar-refractivity contribution in [2.75, 3.05) is 6.54 Å². The van der Waals surface area contributed by atoms with Gasteiger partial charge in [0.2, 0.25) is 0 Å². The minimum atomic E-state index is -0.691. The standard InChI is InChI=1S/C15H20N2O2/c1-10(2)19-14-9-11-5-3-4-6-12(11)17-15(14)13(18)7-8-16/h3-6,9-10,13,18H,7-8,16H2,1-2H3. The van der Waals surface area contributed by atoms with Crippen LogP contribution in [0.25, 0.3) is 10.9 Å². The maximum atomic E-state index is 10.2. The zero-order valence-electron chi connectivity index (χ0n) is 11.3. The summed E-state index contributed by atoms with van der Waals surface area (Å²) in [6, 6.07) is 9.72. The van der Waals surface area contributed by atoms with Gasteiger partial charge in [0.05, 0.1) is 11.6 Å². The Kier molecular flexibility index (Phi) is 4.35. The third kappa shape index (κ3) is 3.22. The molecule has 4 nitrogen and oxygen atoms in total. The Balaban J connectivity index is 2.50. The maximum absolute atomic E-state index is 10.2. The first-order valence-electron chi connectivity index (χ1n) is 6.56. The number of hydrogen-bond acceptors (Lipinski definition) is 4. The van der Waals surface area contributed by atoms with Gasteiger partial charge in [-0.05, 0) is 38.9 Å². The van der Waals surface area contributed by atoms with Crippen LogP contribution in [0.15, 0.2) is 30.3 Å². The van der Waals surface area contributed by atoms with Crippen molar-refractivity contribution in [2.45, 2.75) is 32.5 Å². The predicted octanol–water partition coefficient (Wildman–Crippen LogP) is 2.40. The van der Waals surface area contributed by atoms with E-state index in [1.165, 1.54) is 0 Å². The summed E-state index contributed by atoms with van der Waals surface area (Å²) in [5.74, 6) is 0.634. The highest BCUT2D eigenvalue weighted by Crippen LogP contribution is 2.29. The lowest BCUT2D eigenvalue weighted by molar-refractivity contribution is 0.154. The van der Waals surface area contributed by atoms with Crippen LogP contribution >= 0.6 is 0 Å². The number of aliphatic hydroxyl groups is 1. The molecule has 0 amide bonds. The van der Waals surface area contributed by atoms with Crippen molar-refractivity contribution in [1.82, 2.24) is 4.98 Å². The molecule has 2 rings (SSSR count). The molecule has 1 atom stereocenters. The van der Waals surface area contributed by atoms with E-state index in [9.17, 15) is 5.11 Å². The number of ether oxygens (including phenoxy) is 1. The summed E-state index contributed by atoms with van der Waals surface area (Å²) < 4.78 is 5.76. The molecule has 0 saturated carbocycles. The largest absolute Gasteiger partial charge is 0.489 e. The van der Waals surface area contributed by atoms with E-state index in [0.29, 0.717) is 24.4 Å². The topological polar surface area (TPSA) is 68.4 Å². The van der Waals surface area contributed by atoms with Gasteiger partial charge in [-0.25, -0.2) is 4.98 Å². The van der Waals surface area contributed by atoms with Gasteiger partial charge in [0.25, 0.3) is 0 Å². The molecule has 0 aliphatic rings. The first-order valence-corrected chi connectivity index (χ1v) is 6.56. The van der Waals surface area contributed by atoms with Gasteiger partial charge in [0, 0.05) is 5.39 Å². The molecule has 19 heavy (non-hydrogen) atoms. The zero-order chi connectivity index (χ0) is 13.8. The van der Waals surface area contributed by atoms with Gasteiger partial charge >= 0.3 is 0 Å². The van der Waals surface area contributed by atoms with Crippen molar-refractivity contribution in [1.29, 1.82) is 0 Å². The second-order valence-electron chi connectivity index (χ2n) is 4.82. The fourth-order valence-corrected chi connectivity index (χ4v) is 1.99. The first-order chi connectivity index (χ1) is 9.11. The molecule has 1 aromatic heterocycles. The number of para-hydroxylation sites is 1. The number of aromatic nitrogens is 1. The highest BCUT2D eigenvalue weighted by Gasteiger charge is 2.17. The molecule has 0 saturated heterocycles. The Hall–Kier alpha value is -1.65. The Bertz CT molecular complexity index is 555. The summed E-state index contributed by atoms with van der Waals surface area (Å²) in [7, 11) is 0. The van der Waals surface area contributed by atoms with Crippen LogP contribution in [0.1, 0.15) is 32.1 Å². The molecule has 0 spiro atoms. The second-order valence-corrected chi connectivity index (χ2v) is 4.82. The molecule has 0 aliphatic carbocycles. The number of nitrogens with two attached hydrogens (primary N) is 1. The van der Waals surface area contributed by atoms with Gasteiger partial charge in [0.15, 0.2) is 0 Å². The van der Waals surface area contributed by atoms with Gasteiger partial charge in [-0.3, -0.25) is 0 Å². The molecule has 102 valence electrons. The van der Waals surface area contributed by atoms with Crippen LogP contribution in [0.3, 0.4) is 0 Å². The Morgan fingerprint density at radius 3 is 2.74 bits per heavy atom. The van der Waals surface area contributed by atoms with E-state index in [2.05, 4.69) is 4.98 Å². The quantitative estimate of drug-likeness (QED) is 0.866. The highest BCUT2D eigenvalue weighted by molar-refractivity contribution is 5.80. The maximum Gasteiger partial charge on any atom is 0.144 e. The first kappa shape index (κ1) is 13.8. The molecule has 1 aromatic carbocycles. The van der Waals surface area contributed by atoms with E-state index in [4.69, 9.17) is 10.5 Å². The molecule has 0 bridgehead atoms. The minimum absolute atomic E-state index is 0.0341. The molecule has 4 heteroatoms. The lowest BCUT2D eigenvalue weighted by atomic mass is 10.1. The van der Waals surface area contributed by atoms with Crippen molar-refractivity contribution >= 4 is 10.9 Å². The van der Waals surface area contributed by atoms with Gasteiger partial charge in [-0.1, -0.05) is 18.2 Å². The zero-order valence-corrected chi connectivity index (χ0v) is 11.3. The summed E-state index contributed by atoms with van der Waals surface area (Å²) in [6.45, 7) is 4.32. The van der Waals surface area contributed by atoms with Gasteiger partial charge in [-0.2, -0.15) is 0 Å². The molecule has 0 aliphatic heterocycles. The molecular weight excluding hydrogens is 240 g/mol. The van der Waals surface area contributed by atoms with E-state index in [1.807, 2.05) is 44.2 Å². The Morgan fingerprint density at radius 2 is 2.05 bits per heavy atom. The Labute approximate surface area is 113 Å². The third-order valence-corrected chi connectivity index (χ3v) is 2.84. The van der Waals surface area contributed by atoms with E-state index >= 15 is 0 Å². The van der Waals surface area contributed by atoms with Crippen molar-refractivity contribution in [2.24, 2.45) is 5.73 Å². The van der Waals surface area contributed by atoms with E-state index in [-0.39, 0.29) is 6.10 Å². The Morgan fingerprint density at radius 1 is 1.32 bits per heavy atom. The van der Waals surface area contributed by atoms with Crippen LogP contribution in [0, 0.1) is 0 Å².